The molecule has 1 aliphatic heterocycles. The van der Waals surface area contributed by atoms with Crippen LogP contribution in [0, 0.1) is 5.92 Å². The number of hydrogen-bond acceptors (Lipinski definition) is 3. The van der Waals surface area contributed by atoms with Gasteiger partial charge in [0.05, 0.1) is 5.60 Å². The van der Waals surface area contributed by atoms with E-state index in [1.54, 1.807) is 0 Å². The Morgan fingerprint density at radius 2 is 2.07 bits per heavy atom. The van der Waals surface area contributed by atoms with Crippen molar-refractivity contribution in [2.45, 2.75) is 44.2 Å². The van der Waals surface area contributed by atoms with Crippen molar-refractivity contribution in [1.82, 2.24) is 5.32 Å². The van der Waals surface area contributed by atoms with Gasteiger partial charge in [-0.1, -0.05) is 0 Å². The van der Waals surface area contributed by atoms with Gasteiger partial charge in [-0.2, -0.15) is 0 Å². The molecule has 3 nitrogen and oxygen atoms in total. The van der Waals surface area contributed by atoms with E-state index < -0.39 is 5.60 Å². The highest BCUT2D eigenvalue weighted by atomic mass is 16.5. The van der Waals surface area contributed by atoms with Gasteiger partial charge in [0.2, 0.25) is 0 Å². The molecule has 0 spiro atoms. The molecule has 2 fully saturated rings. The number of aliphatic hydroxyl groups is 1. The van der Waals surface area contributed by atoms with Gasteiger partial charge in [0.25, 0.3) is 0 Å². The van der Waals surface area contributed by atoms with E-state index >= 15 is 0 Å². The van der Waals surface area contributed by atoms with Gasteiger partial charge in [0, 0.05) is 38.6 Å². The molecule has 1 heterocycles. The lowest BCUT2D eigenvalue weighted by atomic mass is 9.94. The van der Waals surface area contributed by atoms with E-state index in [0.717, 1.165) is 25.3 Å². The summed E-state index contributed by atoms with van der Waals surface area (Å²) in [6, 6.07) is 0.571. The van der Waals surface area contributed by atoms with E-state index in [-0.39, 0.29) is 0 Å². The number of hydrogen-bond donors (Lipinski definition) is 2. The molecular weight excluding hydrogens is 178 g/mol. The second-order valence-corrected chi connectivity index (χ2v) is 4.84. The van der Waals surface area contributed by atoms with Crippen molar-refractivity contribution in [3.05, 3.63) is 0 Å². The fraction of sp³-hybridized carbons (Fsp3) is 1.00. The van der Waals surface area contributed by atoms with Crippen molar-refractivity contribution >= 4 is 0 Å². The fourth-order valence-electron chi connectivity index (χ4n) is 2.04. The van der Waals surface area contributed by atoms with Crippen LogP contribution in [0.15, 0.2) is 0 Å². The van der Waals surface area contributed by atoms with Crippen LogP contribution in [0.25, 0.3) is 0 Å². The lowest BCUT2D eigenvalue weighted by Gasteiger charge is -2.33. The summed E-state index contributed by atoms with van der Waals surface area (Å²) in [5, 5.41) is 13.6. The highest BCUT2D eigenvalue weighted by molar-refractivity contribution is 4.88. The molecule has 82 valence electrons. The smallest absolute Gasteiger partial charge is 0.0815 e. The predicted octanol–water partition coefficient (Wildman–Crippen LogP) is 0.916. The average Bonchev–Trinajstić information content (AvgIpc) is 2.99. The van der Waals surface area contributed by atoms with Crippen LogP contribution in [0.2, 0.25) is 0 Å². The Kier molecular flexibility index (Phi) is 3.10. The number of nitrogens with one attached hydrogen (secondary N) is 1. The van der Waals surface area contributed by atoms with Gasteiger partial charge in [0.1, 0.15) is 0 Å². The maximum Gasteiger partial charge on any atom is 0.0815 e. The SMILES string of the molecule is CC(NCC1(O)CCOCC1)C1CC1. The third-order valence-corrected chi connectivity index (χ3v) is 3.51. The van der Waals surface area contributed by atoms with Gasteiger partial charge in [-0.25, -0.2) is 0 Å². The van der Waals surface area contributed by atoms with Crippen molar-refractivity contribution in [2.24, 2.45) is 5.92 Å². The van der Waals surface area contributed by atoms with Gasteiger partial charge in [0.15, 0.2) is 0 Å². The molecule has 3 heteroatoms. The summed E-state index contributed by atoms with van der Waals surface area (Å²) in [6.07, 6.45) is 4.26. The van der Waals surface area contributed by atoms with Crippen LogP contribution in [0.3, 0.4) is 0 Å². The summed E-state index contributed by atoms with van der Waals surface area (Å²) >= 11 is 0. The van der Waals surface area contributed by atoms with Crippen LogP contribution >= 0.6 is 0 Å². The summed E-state index contributed by atoms with van der Waals surface area (Å²) in [6.45, 7) is 4.36. The molecule has 14 heavy (non-hydrogen) atoms. The summed E-state index contributed by atoms with van der Waals surface area (Å²) in [4.78, 5) is 0. The minimum absolute atomic E-state index is 0.512. The molecule has 0 aromatic carbocycles. The summed E-state index contributed by atoms with van der Waals surface area (Å²) in [5.41, 5.74) is -0.512. The Morgan fingerprint density at radius 1 is 1.43 bits per heavy atom. The zero-order valence-corrected chi connectivity index (χ0v) is 8.96. The Balaban J connectivity index is 1.71. The normalized spacial score (nSPS) is 28.7. The minimum Gasteiger partial charge on any atom is -0.388 e. The Labute approximate surface area is 85.8 Å². The van der Waals surface area contributed by atoms with Gasteiger partial charge in [-0.15, -0.1) is 0 Å². The quantitative estimate of drug-likeness (QED) is 0.707. The Hall–Kier alpha value is -0.120. The molecular formula is C11H21NO2. The summed E-state index contributed by atoms with van der Waals surface area (Å²) < 4.78 is 5.24. The lowest BCUT2D eigenvalue weighted by molar-refractivity contribution is -0.0628. The van der Waals surface area contributed by atoms with Crippen LogP contribution in [0.5, 0.6) is 0 Å². The summed E-state index contributed by atoms with van der Waals surface area (Å²) in [7, 11) is 0. The molecule has 1 aliphatic carbocycles. The van der Waals surface area contributed by atoms with Crippen molar-refractivity contribution in [2.75, 3.05) is 19.8 Å². The van der Waals surface area contributed by atoms with Gasteiger partial charge < -0.3 is 15.2 Å². The Bertz CT molecular complexity index is 186. The fourth-order valence-corrected chi connectivity index (χ4v) is 2.04. The number of rotatable bonds is 4. The van der Waals surface area contributed by atoms with E-state index in [1.165, 1.54) is 12.8 Å². The molecule has 1 saturated carbocycles. The molecule has 0 aromatic heterocycles. The second-order valence-electron chi connectivity index (χ2n) is 4.84. The monoisotopic (exact) mass is 199 g/mol. The molecule has 1 unspecified atom stereocenters. The average molecular weight is 199 g/mol. The van der Waals surface area contributed by atoms with Crippen LogP contribution in [0.1, 0.15) is 32.6 Å². The zero-order valence-electron chi connectivity index (χ0n) is 8.96. The van der Waals surface area contributed by atoms with Crippen molar-refractivity contribution in [3.8, 4) is 0 Å². The first-order chi connectivity index (χ1) is 6.70. The summed E-state index contributed by atoms with van der Waals surface area (Å²) in [5.74, 6) is 0.860. The van der Waals surface area contributed by atoms with Gasteiger partial charge >= 0.3 is 0 Å². The molecule has 2 N–H and O–H groups in total. The van der Waals surface area contributed by atoms with Gasteiger partial charge in [-0.3, -0.25) is 0 Å². The van der Waals surface area contributed by atoms with Crippen LogP contribution in [-0.4, -0.2) is 36.5 Å². The zero-order chi connectivity index (χ0) is 10.0. The molecule has 2 aliphatic rings. The third-order valence-electron chi connectivity index (χ3n) is 3.51. The lowest BCUT2D eigenvalue weighted by Crippen LogP contribution is -2.47. The Morgan fingerprint density at radius 3 is 2.64 bits per heavy atom. The highest BCUT2D eigenvalue weighted by Crippen LogP contribution is 2.32. The van der Waals surface area contributed by atoms with Gasteiger partial charge in [-0.05, 0) is 25.7 Å². The van der Waals surface area contributed by atoms with E-state index in [4.69, 9.17) is 4.74 Å². The van der Waals surface area contributed by atoms with Crippen LogP contribution in [0.4, 0.5) is 0 Å². The van der Waals surface area contributed by atoms with Crippen molar-refractivity contribution in [1.29, 1.82) is 0 Å². The van der Waals surface area contributed by atoms with E-state index in [1.807, 2.05) is 0 Å². The first-order valence-electron chi connectivity index (χ1n) is 5.73. The maximum absolute atomic E-state index is 10.2. The molecule has 2 rings (SSSR count). The number of ether oxygens (including phenoxy) is 1. The molecule has 0 bridgehead atoms. The second kappa shape index (κ2) is 4.17. The molecule has 0 radical (unpaired) electrons. The first-order valence-corrected chi connectivity index (χ1v) is 5.73. The van der Waals surface area contributed by atoms with E-state index in [0.29, 0.717) is 19.3 Å². The largest absolute Gasteiger partial charge is 0.388 e. The van der Waals surface area contributed by atoms with Crippen LogP contribution < -0.4 is 5.32 Å². The van der Waals surface area contributed by atoms with Crippen molar-refractivity contribution < 1.29 is 9.84 Å². The standard InChI is InChI=1S/C11H21NO2/c1-9(10-2-3-10)12-8-11(13)4-6-14-7-5-11/h9-10,12-13H,2-8H2,1H3. The van der Waals surface area contributed by atoms with E-state index in [9.17, 15) is 5.11 Å². The highest BCUT2D eigenvalue weighted by Gasteiger charge is 2.33. The molecule has 1 atom stereocenters. The van der Waals surface area contributed by atoms with Crippen LogP contribution in [-0.2, 0) is 4.74 Å². The third kappa shape index (κ3) is 2.69. The minimum atomic E-state index is -0.512. The van der Waals surface area contributed by atoms with E-state index in [2.05, 4.69) is 12.2 Å². The maximum atomic E-state index is 10.2. The first kappa shape index (κ1) is 10.4. The molecule has 1 saturated heterocycles. The van der Waals surface area contributed by atoms with Crippen molar-refractivity contribution in [3.63, 3.8) is 0 Å². The molecule has 0 aromatic rings. The molecule has 0 amide bonds. The topological polar surface area (TPSA) is 41.5 Å². The predicted molar refractivity (Wildman–Crippen MR) is 55.2 cm³/mol.